The molecule has 124 valence electrons. The van der Waals surface area contributed by atoms with Crippen LogP contribution in [-0.4, -0.2) is 5.97 Å². The van der Waals surface area contributed by atoms with Crippen molar-refractivity contribution >= 4 is 5.97 Å². The molecule has 3 heteroatoms. The lowest BCUT2D eigenvalue weighted by molar-refractivity contribution is -0.130. The third-order valence-corrected chi connectivity index (χ3v) is 3.77. The quantitative estimate of drug-likeness (QED) is 0.351. The van der Waals surface area contributed by atoms with Gasteiger partial charge in [0.05, 0.1) is 0 Å². The molecule has 0 heterocycles. The van der Waals surface area contributed by atoms with Gasteiger partial charge >= 0.3 is 5.97 Å². The van der Waals surface area contributed by atoms with Crippen LogP contribution in [0.1, 0.15) is 6.92 Å². The van der Waals surface area contributed by atoms with Gasteiger partial charge in [0.2, 0.25) is 0 Å². The van der Waals surface area contributed by atoms with Gasteiger partial charge in [-0.3, -0.25) is 0 Å². The van der Waals surface area contributed by atoms with Gasteiger partial charge < -0.3 is 4.74 Å². The second kappa shape index (κ2) is 7.14. The minimum Gasteiger partial charge on any atom is -0.423 e. The SMILES string of the molecule is C=C(C)C(=O)Oc1ccc(-c2cccc(-c3cccc(F)c3)c2)cc1. The van der Waals surface area contributed by atoms with Crippen LogP contribution < -0.4 is 4.74 Å². The van der Waals surface area contributed by atoms with Crippen LogP contribution in [0.4, 0.5) is 4.39 Å². The first-order valence-corrected chi connectivity index (χ1v) is 7.87. The Balaban J connectivity index is 1.86. The zero-order chi connectivity index (χ0) is 17.8. The summed E-state index contributed by atoms with van der Waals surface area (Å²) in [7, 11) is 0. The predicted molar refractivity (Wildman–Crippen MR) is 97.7 cm³/mol. The van der Waals surface area contributed by atoms with Crippen molar-refractivity contribution in [3.05, 3.63) is 90.8 Å². The minimum absolute atomic E-state index is 0.258. The summed E-state index contributed by atoms with van der Waals surface area (Å²) in [4.78, 5) is 11.5. The van der Waals surface area contributed by atoms with E-state index < -0.39 is 5.97 Å². The maximum Gasteiger partial charge on any atom is 0.338 e. The van der Waals surface area contributed by atoms with Gasteiger partial charge in [-0.1, -0.05) is 49.0 Å². The number of halogens is 1. The summed E-state index contributed by atoms with van der Waals surface area (Å²) in [5.74, 6) is -0.231. The molecule has 3 aromatic carbocycles. The summed E-state index contributed by atoms with van der Waals surface area (Å²) in [5.41, 5.74) is 4.10. The molecule has 0 aliphatic carbocycles. The van der Waals surface area contributed by atoms with Crippen LogP contribution in [-0.2, 0) is 4.79 Å². The van der Waals surface area contributed by atoms with Gasteiger partial charge in [0, 0.05) is 5.57 Å². The monoisotopic (exact) mass is 332 g/mol. The highest BCUT2D eigenvalue weighted by Gasteiger charge is 2.06. The molecular weight excluding hydrogens is 315 g/mol. The lowest BCUT2D eigenvalue weighted by Gasteiger charge is -2.08. The Morgan fingerprint density at radius 1 is 0.840 bits per heavy atom. The van der Waals surface area contributed by atoms with Gasteiger partial charge in [0.1, 0.15) is 11.6 Å². The molecule has 0 aromatic heterocycles. The number of hydrogen-bond acceptors (Lipinski definition) is 2. The molecule has 0 aliphatic rings. The van der Waals surface area contributed by atoms with Crippen LogP contribution in [0.3, 0.4) is 0 Å². The maximum absolute atomic E-state index is 13.4. The molecule has 0 saturated heterocycles. The van der Waals surface area contributed by atoms with E-state index in [1.807, 2.05) is 42.5 Å². The first kappa shape index (κ1) is 16.7. The number of ether oxygens (including phenoxy) is 1. The van der Waals surface area contributed by atoms with E-state index in [-0.39, 0.29) is 5.82 Å². The van der Waals surface area contributed by atoms with Crippen molar-refractivity contribution in [1.82, 2.24) is 0 Å². The molecule has 0 spiro atoms. The Kier molecular flexibility index (Phi) is 4.75. The van der Waals surface area contributed by atoms with Gasteiger partial charge in [0.15, 0.2) is 0 Å². The highest BCUT2D eigenvalue weighted by atomic mass is 19.1. The highest BCUT2D eigenvalue weighted by molar-refractivity contribution is 5.88. The van der Waals surface area contributed by atoms with E-state index in [1.54, 1.807) is 25.1 Å². The summed E-state index contributed by atoms with van der Waals surface area (Å²) in [6.45, 7) is 5.17. The van der Waals surface area contributed by atoms with Crippen LogP contribution in [0.15, 0.2) is 84.9 Å². The molecule has 2 nitrogen and oxygen atoms in total. The van der Waals surface area contributed by atoms with Crippen molar-refractivity contribution < 1.29 is 13.9 Å². The summed E-state index contributed by atoms with van der Waals surface area (Å²) in [6, 6.07) is 21.6. The molecular formula is C22H17FO2. The maximum atomic E-state index is 13.4. The van der Waals surface area contributed by atoms with Gasteiger partial charge in [-0.15, -0.1) is 0 Å². The first-order chi connectivity index (χ1) is 12.0. The van der Waals surface area contributed by atoms with E-state index in [4.69, 9.17) is 4.74 Å². The minimum atomic E-state index is -0.444. The second-order valence-electron chi connectivity index (χ2n) is 5.79. The number of rotatable bonds is 4. The number of benzene rings is 3. The van der Waals surface area contributed by atoms with E-state index in [1.165, 1.54) is 12.1 Å². The predicted octanol–water partition coefficient (Wildman–Crippen LogP) is 5.64. The molecule has 0 atom stereocenters. The number of carbonyl (C=O) groups excluding carboxylic acids is 1. The van der Waals surface area contributed by atoms with E-state index >= 15 is 0 Å². The topological polar surface area (TPSA) is 26.3 Å². The van der Waals surface area contributed by atoms with E-state index in [2.05, 4.69) is 6.58 Å². The third kappa shape index (κ3) is 4.01. The molecule has 0 saturated carbocycles. The number of carbonyl (C=O) groups is 1. The molecule has 0 N–H and O–H groups in total. The van der Waals surface area contributed by atoms with Crippen LogP contribution in [0.2, 0.25) is 0 Å². The fraction of sp³-hybridized carbons (Fsp3) is 0.0455. The average molecular weight is 332 g/mol. The summed E-state index contributed by atoms with van der Waals surface area (Å²) >= 11 is 0. The Labute approximate surface area is 146 Å². The molecule has 3 aromatic rings. The van der Waals surface area contributed by atoms with Gasteiger partial charge in [0.25, 0.3) is 0 Å². The van der Waals surface area contributed by atoms with E-state index in [0.29, 0.717) is 11.3 Å². The molecule has 0 fully saturated rings. The standard InChI is InChI=1S/C22H17FO2/c1-15(2)22(24)25-21-11-9-16(10-12-21)17-5-3-6-18(13-17)19-7-4-8-20(23)14-19/h3-14H,1H2,2H3. The molecule has 0 bridgehead atoms. The smallest absolute Gasteiger partial charge is 0.338 e. The zero-order valence-electron chi connectivity index (χ0n) is 13.8. The summed E-state index contributed by atoms with van der Waals surface area (Å²) in [5, 5.41) is 0. The van der Waals surface area contributed by atoms with Crippen molar-refractivity contribution in [3.63, 3.8) is 0 Å². The Hall–Kier alpha value is -3.20. The van der Waals surface area contributed by atoms with Crippen molar-refractivity contribution in [2.75, 3.05) is 0 Å². The van der Waals surface area contributed by atoms with Crippen LogP contribution in [0.5, 0.6) is 5.75 Å². The normalized spacial score (nSPS) is 10.3. The molecule has 0 amide bonds. The average Bonchev–Trinajstić information content (AvgIpc) is 2.62. The van der Waals surface area contributed by atoms with Crippen molar-refractivity contribution in [1.29, 1.82) is 0 Å². The fourth-order valence-corrected chi connectivity index (χ4v) is 2.46. The molecule has 25 heavy (non-hydrogen) atoms. The summed E-state index contributed by atoms with van der Waals surface area (Å²) < 4.78 is 18.6. The third-order valence-electron chi connectivity index (χ3n) is 3.77. The van der Waals surface area contributed by atoms with E-state index in [9.17, 15) is 9.18 Å². The highest BCUT2D eigenvalue weighted by Crippen LogP contribution is 2.28. The number of esters is 1. The molecule has 0 radical (unpaired) electrons. The Bertz CT molecular complexity index is 927. The lowest BCUT2D eigenvalue weighted by atomic mass is 9.99. The second-order valence-corrected chi connectivity index (χ2v) is 5.79. The van der Waals surface area contributed by atoms with Gasteiger partial charge in [-0.2, -0.15) is 0 Å². The first-order valence-electron chi connectivity index (χ1n) is 7.87. The fourth-order valence-electron chi connectivity index (χ4n) is 2.46. The van der Waals surface area contributed by atoms with Gasteiger partial charge in [-0.25, -0.2) is 9.18 Å². The van der Waals surface area contributed by atoms with E-state index in [0.717, 1.165) is 22.3 Å². The Morgan fingerprint density at radius 2 is 1.40 bits per heavy atom. The molecule has 0 aliphatic heterocycles. The lowest BCUT2D eigenvalue weighted by Crippen LogP contribution is -2.07. The van der Waals surface area contributed by atoms with Crippen molar-refractivity contribution in [2.24, 2.45) is 0 Å². The number of hydrogen-bond donors (Lipinski definition) is 0. The molecule has 0 unspecified atom stereocenters. The largest absolute Gasteiger partial charge is 0.423 e. The summed E-state index contributed by atoms with van der Waals surface area (Å²) in [6.07, 6.45) is 0. The Morgan fingerprint density at radius 3 is 2.00 bits per heavy atom. The molecule has 3 rings (SSSR count). The van der Waals surface area contributed by atoms with Crippen LogP contribution >= 0.6 is 0 Å². The zero-order valence-corrected chi connectivity index (χ0v) is 13.8. The van der Waals surface area contributed by atoms with Crippen LogP contribution in [0, 0.1) is 5.82 Å². The van der Waals surface area contributed by atoms with Crippen LogP contribution in [0.25, 0.3) is 22.3 Å². The van der Waals surface area contributed by atoms with Crippen molar-refractivity contribution in [2.45, 2.75) is 6.92 Å². The van der Waals surface area contributed by atoms with Crippen molar-refractivity contribution in [3.8, 4) is 28.0 Å². The van der Waals surface area contributed by atoms with Gasteiger partial charge in [-0.05, 0) is 59.5 Å².